The van der Waals surface area contributed by atoms with E-state index in [2.05, 4.69) is 25.0 Å². The molecule has 0 radical (unpaired) electrons. The topological polar surface area (TPSA) is 83.8 Å². The van der Waals surface area contributed by atoms with Crippen molar-refractivity contribution in [2.24, 2.45) is 5.10 Å². The van der Waals surface area contributed by atoms with Gasteiger partial charge in [-0.15, -0.1) is 0 Å². The second-order valence-corrected chi connectivity index (χ2v) is 8.78. The SMILES string of the molecule is CN(C)CCCOc1cnc(-c2cccc(CN3N=C(c4cccnc4)CSC3=O)c2)nc1. The normalized spacial score (nSPS) is 13.8. The lowest BCUT2D eigenvalue weighted by molar-refractivity contribution is 0.222. The predicted molar refractivity (Wildman–Crippen MR) is 130 cm³/mol. The highest BCUT2D eigenvalue weighted by Gasteiger charge is 2.22. The Labute approximate surface area is 197 Å². The van der Waals surface area contributed by atoms with Crippen LogP contribution in [0.25, 0.3) is 11.4 Å². The van der Waals surface area contributed by atoms with Crippen molar-refractivity contribution in [3.8, 4) is 17.1 Å². The third-order valence-electron chi connectivity index (χ3n) is 4.94. The fourth-order valence-corrected chi connectivity index (χ4v) is 4.03. The molecule has 8 nitrogen and oxygen atoms in total. The van der Waals surface area contributed by atoms with E-state index in [1.807, 2.05) is 50.5 Å². The molecule has 0 saturated heterocycles. The first-order valence-corrected chi connectivity index (χ1v) is 11.7. The number of thioether (sulfide) groups is 1. The minimum atomic E-state index is -0.0694. The zero-order valence-electron chi connectivity index (χ0n) is 18.7. The molecule has 0 bridgehead atoms. The van der Waals surface area contributed by atoms with Gasteiger partial charge in [0.25, 0.3) is 0 Å². The lowest BCUT2D eigenvalue weighted by Crippen LogP contribution is -2.29. The number of amides is 1. The molecule has 0 aliphatic carbocycles. The highest BCUT2D eigenvalue weighted by molar-refractivity contribution is 8.14. The molecule has 33 heavy (non-hydrogen) atoms. The Kier molecular flexibility index (Phi) is 7.64. The number of ether oxygens (including phenoxy) is 1. The molecule has 4 rings (SSSR count). The van der Waals surface area contributed by atoms with Gasteiger partial charge >= 0.3 is 5.24 Å². The number of rotatable bonds is 9. The molecular formula is C24H26N6O2S. The first-order valence-electron chi connectivity index (χ1n) is 10.7. The van der Waals surface area contributed by atoms with E-state index >= 15 is 0 Å². The van der Waals surface area contributed by atoms with Crippen LogP contribution in [0.1, 0.15) is 17.5 Å². The number of nitrogens with zero attached hydrogens (tertiary/aromatic N) is 6. The van der Waals surface area contributed by atoms with Gasteiger partial charge in [-0.2, -0.15) is 5.10 Å². The van der Waals surface area contributed by atoms with Crippen LogP contribution < -0.4 is 4.74 Å². The summed E-state index contributed by atoms with van der Waals surface area (Å²) < 4.78 is 5.71. The van der Waals surface area contributed by atoms with E-state index in [0.717, 1.165) is 35.4 Å². The average molecular weight is 463 g/mol. The maximum atomic E-state index is 12.4. The molecule has 1 amide bonds. The largest absolute Gasteiger partial charge is 0.490 e. The monoisotopic (exact) mass is 462 g/mol. The van der Waals surface area contributed by atoms with E-state index in [4.69, 9.17) is 4.74 Å². The molecule has 2 aromatic heterocycles. The number of carbonyl (C=O) groups is 1. The Morgan fingerprint density at radius 2 is 1.91 bits per heavy atom. The lowest BCUT2D eigenvalue weighted by atomic mass is 10.1. The van der Waals surface area contributed by atoms with Gasteiger partial charge in [-0.1, -0.05) is 30.0 Å². The second kappa shape index (κ2) is 11.0. The fourth-order valence-electron chi connectivity index (χ4n) is 3.29. The van der Waals surface area contributed by atoms with Gasteiger partial charge in [-0.25, -0.2) is 15.0 Å². The number of hydrogen-bond donors (Lipinski definition) is 0. The predicted octanol–water partition coefficient (Wildman–Crippen LogP) is 3.94. The molecule has 3 heterocycles. The Morgan fingerprint density at radius 3 is 2.67 bits per heavy atom. The van der Waals surface area contributed by atoms with Gasteiger partial charge < -0.3 is 9.64 Å². The quantitative estimate of drug-likeness (QED) is 0.445. The summed E-state index contributed by atoms with van der Waals surface area (Å²) in [6.45, 7) is 1.97. The summed E-state index contributed by atoms with van der Waals surface area (Å²) in [5.74, 6) is 1.80. The van der Waals surface area contributed by atoms with Crippen LogP contribution in [0.4, 0.5) is 4.79 Å². The molecule has 0 saturated carbocycles. The van der Waals surface area contributed by atoms with Gasteiger partial charge in [-0.05, 0) is 44.3 Å². The molecular weight excluding hydrogens is 436 g/mol. The number of hydrazone groups is 1. The number of carbonyl (C=O) groups excluding carboxylic acids is 1. The van der Waals surface area contributed by atoms with Gasteiger partial charge in [0.05, 0.1) is 31.3 Å². The molecule has 170 valence electrons. The second-order valence-electron chi connectivity index (χ2n) is 7.85. The Balaban J connectivity index is 1.43. The summed E-state index contributed by atoms with van der Waals surface area (Å²) in [6.07, 6.45) is 7.82. The summed E-state index contributed by atoms with van der Waals surface area (Å²) in [5, 5.41) is 6.01. The first kappa shape index (κ1) is 22.9. The third kappa shape index (κ3) is 6.36. The number of aromatic nitrogens is 3. The smallest absolute Gasteiger partial charge is 0.302 e. The number of pyridine rings is 1. The van der Waals surface area contributed by atoms with Gasteiger partial charge in [0.2, 0.25) is 0 Å². The van der Waals surface area contributed by atoms with Crippen molar-refractivity contribution in [1.29, 1.82) is 0 Å². The Bertz CT molecular complexity index is 1110. The lowest BCUT2D eigenvalue weighted by Gasteiger charge is -2.23. The van der Waals surface area contributed by atoms with Crippen molar-refractivity contribution in [2.75, 3.05) is 33.0 Å². The van der Waals surface area contributed by atoms with Crippen LogP contribution in [0.2, 0.25) is 0 Å². The highest BCUT2D eigenvalue weighted by atomic mass is 32.2. The highest BCUT2D eigenvalue weighted by Crippen LogP contribution is 2.23. The van der Waals surface area contributed by atoms with Gasteiger partial charge in [0, 0.05) is 35.8 Å². The molecule has 1 aliphatic heterocycles. The van der Waals surface area contributed by atoms with Crippen LogP contribution >= 0.6 is 11.8 Å². The molecule has 0 spiro atoms. The van der Waals surface area contributed by atoms with Crippen molar-refractivity contribution in [1.82, 2.24) is 24.9 Å². The summed E-state index contributed by atoms with van der Waals surface area (Å²) in [7, 11) is 4.08. The average Bonchev–Trinajstić information content (AvgIpc) is 2.84. The molecule has 3 aromatic rings. The molecule has 0 fully saturated rings. The van der Waals surface area contributed by atoms with Crippen molar-refractivity contribution < 1.29 is 9.53 Å². The van der Waals surface area contributed by atoms with E-state index in [1.165, 1.54) is 16.8 Å². The minimum absolute atomic E-state index is 0.0694. The first-order chi connectivity index (χ1) is 16.1. The maximum absolute atomic E-state index is 12.4. The van der Waals surface area contributed by atoms with E-state index < -0.39 is 0 Å². The minimum Gasteiger partial charge on any atom is -0.490 e. The van der Waals surface area contributed by atoms with Crippen LogP contribution in [-0.4, -0.2) is 68.8 Å². The summed E-state index contributed by atoms with van der Waals surface area (Å²) >= 11 is 1.25. The molecule has 9 heteroatoms. The number of hydrogen-bond acceptors (Lipinski definition) is 8. The van der Waals surface area contributed by atoms with Gasteiger partial charge in [0.1, 0.15) is 0 Å². The standard InChI is InChI=1S/C24H26N6O2S/c1-29(2)10-5-11-32-21-14-26-23(27-15-21)19-7-3-6-18(12-19)16-30-24(31)33-17-22(28-30)20-8-4-9-25-13-20/h3-4,6-9,12-15H,5,10-11,16-17H2,1-2H3. The van der Waals surface area contributed by atoms with Crippen molar-refractivity contribution in [3.05, 3.63) is 72.3 Å². The Morgan fingerprint density at radius 1 is 1.09 bits per heavy atom. The molecule has 1 aromatic carbocycles. The van der Waals surface area contributed by atoms with Crippen molar-refractivity contribution in [2.45, 2.75) is 13.0 Å². The molecule has 0 N–H and O–H groups in total. The maximum Gasteiger partial charge on any atom is 0.302 e. The third-order valence-corrected chi connectivity index (χ3v) is 5.82. The summed E-state index contributed by atoms with van der Waals surface area (Å²) in [4.78, 5) is 27.6. The van der Waals surface area contributed by atoms with Crippen LogP contribution in [0, 0.1) is 0 Å². The fraction of sp³-hybridized carbons (Fsp3) is 0.292. The van der Waals surface area contributed by atoms with Crippen LogP contribution in [0.15, 0.2) is 66.3 Å². The zero-order chi connectivity index (χ0) is 23.0. The van der Waals surface area contributed by atoms with Crippen LogP contribution in [-0.2, 0) is 6.54 Å². The molecule has 1 aliphatic rings. The molecule has 0 atom stereocenters. The Hall–Kier alpha value is -3.30. The summed E-state index contributed by atoms with van der Waals surface area (Å²) in [5.41, 5.74) is 3.59. The van der Waals surface area contributed by atoms with E-state index in [0.29, 0.717) is 30.5 Å². The van der Waals surface area contributed by atoms with Gasteiger partial charge in [-0.3, -0.25) is 9.78 Å². The zero-order valence-corrected chi connectivity index (χ0v) is 19.5. The van der Waals surface area contributed by atoms with Crippen molar-refractivity contribution in [3.63, 3.8) is 0 Å². The van der Waals surface area contributed by atoms with Crippen LogP contribution in [0.5, 0.6) is 5.75 Å². The summed E-state index contributed by atoms with van der Waals surface area (Å²) in [6, 6.07) is 11.7. The van der Waals surface area contributed by atoms with Crippen LogP contribution in [0.3, 0.4) is 0 Å². The number of benzene rings is 1. The van der Waals surface area contributed by atoms with Gasteiger partial charge in [0.15, 0.2) is 11.6 Å². The van der Waals surface area contributed by atoms with Crippen molar-refractivity contribution >= 4 is 22.7 Å². The molecule has 0 unspecified atom stereocenters. The van der Waals surface area contributed by atoms with E-state index in [-0.39, 0.29) is 5.24 Å². The van der Waals surface area contributed by atoms with E-state index in [9.17, 15) is 4.79 Å². The van der Waals surface area contributed by atoms with E-state index in [1.54, 1.807) is 24.8 Å².